The smallest absolute Gasteiger partial charge is 0.163 e. The average molecular weight is 415 g/mol. The van der Waals surface area contributed by atoms with Crippen molar-refractivity contribution in [1.82, 2.24) is 0 Å². The average Bonchev–Trinajstić information content (AvgIpc) is 2.66. The largest absolute Gasteiger partial charge is 0.496 e. The summed E-state index contributed by atoms with van der Waals surface area (Å²) in [6.07, 6.45) is 2.15. The number of benzene rings is 2. The molecular weight excluding hydrogens is 396 g/mol. The van der Waals surface area contributed by atoms with Gasteiger partial charge in [-0.25, -0.2) is 0 Å². The molecule has 2 aliphatic rings. The Bertz CT molecular complexity index is 899. The summed E-state index contributed by atoms with van der Waals surface area (Å²) in [5.74, 6) is 2.76. The number of ether oxygens (including phenoxy) is 3. The monoisotopic (exact) mass is 414 g/mol. The number of hydrogen-bond acceptors (Lipinski definition) is 4. The van der Waals surface area contributed by atoms with E-state index >= 15 is 0 Å². The van der Waals surface area contributed by atoms with E-state index < -0.39 is 0 Å². The molecule has 0 aromatic heterocycles. The Balaban J connectivity index is 1.97. The summed E-state index contributed by atoms with van der Waals surface area (Å²) in [4.78, 5) is 12.8. The molecule has 0 spiro atoms. The Morgan fingerprint density at radius 1 is 1.08 bits per heavy atom. The van der Waals surface area contributed by atoms with Crippen LogP contribution >= 0.6 is 15.9 Å². The molecule has 1 aliphatic carbocycles. The van der Waals surface area contributed by atoms with Crippen molar-refractivity contribution in [3.05, 3.63) is 63.3 Å². The van der Waals surface area contributed by atoms with Crippen LogP contribution in [-0.4, -0.2) is 20.0 Å². The van der Waals surface area contributed by atoms with Gasteiger partial charge in [0.05, 0.1) is 14.2 Å². The second kappa shape index (κ2) is 6.80. The standard InChI is InChI=1S/C21H19BrO4/c1-24-14-10-17(25-2)21-18(11-14)26-16-5-3-4-15(23)20(16)19(21)12-6-8-13(22)9-7-12/h6-11,19H,3-5H2,1-2H3. The van der Waals surface area contributed by atoms with E-state index in [1.54, 1.807) is 14.2 Å². The molecule has 134 valence electrons. The third-order valence-corrected chi connectivity index (χ3v) is 5.48. The van der Waals surface area contributed by atoms with Crippen molar-refractivity contribution in [2.75, 3.05) is 14.2 Å². The van der Waals surface area contributed by atoms with Crippen LogP contribution in [0.4, 0.5) is 0 Å². The number of carbonyl (C=O) groups is 1. The summed E-state index contributed by atoms with van der Waals surface area (Å²) < 4.78 is 18.2. The van der Waals surface area contributed by atoms with Crippen LogP contribution in [0.5, 0.6) is 17.2 Å². The molecule has 0 radical (unpaired) electrons. The fourth-order valence-corrected chi connectivity index (χ4v) is 4.02. The Kier molecular flexibility index (Phi) is 4.49. The zero-order valence-corrected chi connectivity index (χ0v) is 16.3. The predicted molar refractivity (Wildman–Crippen MR) is 102 cm³/mol. The zero-order chi connectivity index (χ0) is 18.3. The van der Waals surface area contributed by atoms with Gasteiger partial charge in [0.25, 0.3) is 0 Å². The van der Waals surface area contributed by atoms with Crippen molar-refractivity contribution in [2.24, 2.45) is 0 Å². The molecule has 4 rings (SSSR count). The molecule has 0 bridgehead atoms. The summed E-state index contributed by atoms with van der Waals surface area (Å²) in [6.45, 7) is 0. The number of allylic oxidation sites excluding steroid dienone is 2. The van der Waals surface area contributed by atoms with Gasteiger partial charge in [0, 0.05) is 46.5 Å². The van der Waals surface area contributed by atoms with Gasteiger partial charge in [-0.05, 0) is 24.1 Å². The molecule has 4 nitrogen and oxygen atoms in total. The summed E-state index contributed by atoms with van der Waals surface area (Å²) in [6, 6.07) is 11.8. The van der Waals surface area contributed by atoms with Crippen LogP contribution in [0.2, 0.25) is 0 Å². The van der Waals surface area contributed by atoms with Gasteiger partial charge in [-0.1, -0.05) is 28.1 Å². The van der Waals surface area contributed by atoms with Crippen molar-refractivity contribution in [2.45, 2.75) is 25.2 Å². The Morgan fingerprint density at radius 3 is 2.54 bits per heavy atom. The number of Topliss-reactive ketones (excluding diaryl/α,β-unsaturated/α-hetero) is 1. The highest BCUT2D eigenvalue weighted by Gasteiger charge is 2.38. The molecule has 1 atom stereocenters. The van der Waals surface area contributed by atoms with E-state index in [0.717, 1.165) is 39.8 Å². The molecule has 0 fully saturated rings. The third kappa shape index (κ3) is 2.80. The molecule has 0 N–H and O–H groups in total. The normalized spacial score (nSPS) is 18.7. The molecule has 1 aliphatic heterocycles. The summed E-state index contributed by atoms with van der Waals surface area (Å²) >= 11 is 3.48. The lowest BCUT2D eigenvalue weighted by Crippen LogP contribution is -2.26. The summed E-state index contributed by atoms with van der Waals surface area (Å²) in [5.41, 5.74) is 2.68. The molecule has 2 aromatic rings. The minimum Gasteiger partial charge on any atom is -0.496 e. The number of hydrogen-bond donors (Lipinski definition) is 0. The molecule has 0 saturated carbocycles. The van der Waals surface area contributed by atoms with Crippen molar-refractivity contribution in [3.63, 3.8) is 0 Å². The van der Waals surface area contributed by atoms with Gasteiger partial charge in [-0.15, -0.1) is 0 Å². The quantitative estimate of drug-likeness (QED) is 0.708. The summed E-state index contributed by atoms with van der Waals surface area (Å²) in [7, 11) is 3.24. The van der Waals surface area contributed by atoms with E-state index in [-0.39, 0.29) is 11.7 Å². The fraction of sp³-hybridized carbons (Fsp3) is 0.286. The molecule has 1 unspecified atom stereocenters. The van der Waals surface area contributed by atoms with Crippen LogP contribution in [0, 0.1) is 0 Å². The van der Waals surface area contributed by atoms with Crippen molar-refractivity contribution in [3.8, 4) is 17.2 Å². The number of ketones is 1. The maximum atomic E-state index is 12.8. The Hall–Kier alpha value is -2.27. The maximum Gasteiger partial charge on any atom is 0.163 e. The van der Waals surface area contributed by atoms with Crippen LogP contribution in [-0.2, 0) is 4.79 Å². The van der Waals surface area contributed by atoms with Gasteiger partial charge in [0.1, 0.15) is 23.0 Å². The van der Waals surface area contributed by atoms with Crippen LogP contribution in [0.3, 0.4) is 0 Å². The van der Waals surface area contributed by atoms with Crippen molar-refractivity contribution >= 4 is 21.7 Å². The van der Waals surface area contributed by atoms with E-state index in [9.17, 15) is 4.79 Å². The van der Waals surface area contributed by atoms with E-state index in [4.69, 9.17) is 14.2 Å². The zero-order valence-electron chi connectivity index (χ0n) is 14.7. The van der Waals surface area contributed by atoms with Gasteiger partial charge in [-0.2, -0.15) is 0 Å². The fourth-order valence-electron chi connectivity index (χ4n) is 3.76. The SMILES string of the molecule is COc1cc(OC)c2c(c1)OC1=C(C(=O)CCC1)C2c1ccc(Br)cc1. The van der Waals surface area contributed by atoms with Gasteiger partial charge in [-0.3, -0.25) is 4.79 Å². The molecule has 2 aromatic carbocycles. The summed E-state index contributed by atoms with van der Waals surface area (Å²) in [5, 5.41) is 0. The highest BCUT2D eigenvalue weighted by Crippen LogP contribution is 2.51. The first kappa shape index (κ1) is 17.2. The lowest BCUT2D eigenvalue weighted by Gasteiger charge is -2.34. The van der Waals surface area contributed by atoms with E-state index in [1.165, 1.54) is 0 Å². The van der Waals surface area contributed by atoms with Gasteiger partial charge in [0.2, 0.25) is 0 Å². The van der Waals surface area contributed by atoms with Crippen LogP contribution in [0.25, 0.3) is 0 Å². The number of halogens is 1. The maximum absolute atomic E-state index is 12.8. The lowest BCUT2D eigenvalue weighted by atomic mass is 9.76. The minimum absolute atomic E-state index is 0.155. The first-order valence-electron chi connectivity index (χ1n) is 8.58. The Labute approximate surface area is 160 Å². The number of rotatable bonds is 3. The lowest BCUT2D eigenvalue weighted by molar-refractivity contribution is -0.116. The Morgan fingerprint density at radius 2 is 1.85 bits per heavy atom. The van der Waals surface area contributed by atoms with Gasteiger partial charge < -0.3 is 14.2 Å². The number of fused-ring (bicyclic) bond motifs is 1. The van der Waals surface area contributed by atoms with Crippen LogP contribution in [0.15, 0.2) is 52.2 Å². The number of methoxy groups -OCH3 is 2. The van der Waals surface area contributed by atoms with E-state index in [0.29, 0.717) is 23.7 Å². The first-order valence-corrected chi connectivity index (χ1v) is 9.37. The van der Waals surface area contributed by atoms with E-state index in [1.807, 2.05) is 36.4 Å². The van der Waals surface area contributed by atoms with E-state index in [2.05, 4.69) is 15.9 Å². The molecule has 1 heterocycles. The van der Waals surface area contributed by atoms with Crippen LogP contribution < -0.4 is 14.2 Å². The molecule has 0 saturated heterocycles. The second-order valence-corrected chi connectivity index (χ2v) is 7.36. The molecular formula is C21H19BrO4. The minimum atomic E-state index is -0.199. The third-order valence-electron chi connectivity index (χ3n) is 4.96. The van der Waals surface area contributed by atoms with Gasteiger partial charge in [0.15, 0.2) is 5.78 Å². The highest BCUT2D eigenvalue weighted by atomic mass is 79.9. The predicted octanol–water partition coefficient (Wildman–Crippen LogP) is 5.00. The highest BCUT2D eigenvalue weighted by molar-refractivity contribution is 9.10. The van der Waals surface area contributed by atoms with Crippen LogP contribution in [0.1, 0.15) is 36.3 Å². The van der Waals surface area contributed by atoms with Crippen molar-refractivity contribution in [1.29, 1.82) is 0 Å². The van der Waals surface area contributed by atoms with Crippen molar-refractivity contribution < 1.29 is 19.0 Å². The van der Waals surface area contributed by atoms with Gasteiger partial charge >= 0.3 is 0 Å². The topological polar surface area (TPSA) is 44.8 Å². The number of carbonyl (C=O) groups excluding carboxylic acids is 1. The molecule has 5 heteroatoms. The molecule has 0 amide bonds. The molecule has 26 heavy (non-hydrogen) atoms. The first-order chi connectivity index (χ1) is 12.6. The second-order valence-electron chi connectivity index (χ2n) is 6.44.